The summed E-state index contributed by atoms with van der Waals surface area (Å²) in [5.74, 6) is -1.85. The number of carboxylic acids is 1. The molecule has 0 spiro atoms. The van der Waals surface area contributed by atoms with Gasteiger partial charge in [-0.25, -0.2) is 4.79 Å². The number of aromatic hydroxyl groups is 1. The van der Waals surface area contributed by atoms with Gasteiger partial charge in [0.05, 0.1) is 17.8 Å². The van der Waals surface area contributed by atoms with Crippen LogP contribution < -0.4 is 0 Å². The highest BCUT2D eigenvalue weighted by molar-refractivity contribution is 5.93. The molecule has 0 aliphatic rings. The van der Waals surface area contributed by atoms with Crippen LogP contribution >= 0.6 is 0 Å². The van der Waals surface area contributed by atoms with Gasteiger partial charge in [0.15, 0.2) is 0 Å². The van der Waals surface area contributed by atoms with E-state index in [-0.39, 0.29) is 17.7 Å². The topological polar surface area (TPSA) is 109 Å². The number of carbonyl (C=O) groups excluding carboxylic acids is 1. The average Bonchev–Trinajstić information content (AvgIpc) is 2.53. The monoisotopic (exact) mass is 356 g/mol. The fourth-order valence-corrected chi connectivity index (χ4v) is 2.12. The van der Waals surface area contributed by atoms with Crippen LogP contribution in [-0.2, 0) is 16.0 Å². The van der Waals surface area contributed by atoms with E-state index in [1.807, 2.05) is 0 Å². The predicted molar refractivity (Wildman–Crippen MR) is 95.2 cm³/mol. The molecule has 2 aromatic carbocycles. The summed E-state index contributed by atoms with van der Waals surface area (Å²) in [5.41, 5.74) is 0.553. The van der Waals surface area contributed by atoms with E-state index in [1.54, 1.807) is 45.0 Å². The average molecular weight is 356 g/mol. The number of hydrogen-bond acceptors (Lipinski definition) is 6. The molecule has 0 atom stereocenters. The molecule has 0 aliphatic heterocycles. The maximum atomic E-state index is 12.2. The number of hydrogen-bond donors (Lipinski definition) is 2. The summed E-state index contributed by atoms with van der Waals surface area (Å²) in [6, 6.07) is 10.9. The molecular weight excluding hydrogens is 336 g/mol. The number of benzene rings is 2. The Hall–Kier alpha value is -3.22. The Balaban J connectivity index is 2.28. The Labute approximate surface area is 151 Å². The molecule has 0 unspecified atom stereocenters. The molecule has 2 N–H and O–H groups in total. The predicted octanol–water partition coefficient (Wildman–Crippen LogP) is 4.39. The van der Waals surface area contributed by atoms with Gasteiger partial charge in [0, 0.05) is 0 Å². The Morgan fingerprint density at radius 1 is 1.08 bits per heavy atom. The van der Waals surface area contributed by atoms with Gasteiger partial charge in [-0.1, -0.05) is 18.2 Å². The van der Waals surface area contributed by atoms with E-state index in [2.05, 4.69) is 10.2 Å². The summed E-state index contributed by atoms with van der Waals surface area (Å²) < 4.78 is 5.25. The van der Waals surface area contributed by atoms with Crippen molar-refractivity contribution in [1.29, 1.82) is 0 Å². The van der Waals surface area contributed by atoms with Crippen molar-refractivity contribution in [3.8, 4) is 5.75 Å². The van der Waals surface area contributed by atoms with Gasteiger partial charge in [0.2, 0.25) is 0 Å². The van der Waals surface area contributed by atoms with Crippen LogP contribution in [0, 0.1) is 0 Å². The molecule has 136 valence electrons. The SMILES string of the molecule is CC(C)(C)OC(=O)c1cc(/N=N/c2ccccc2CC(=O)O)ccc1O. The highest BCUT2D eigenvalue weighted by atomic mass is 16.6. The van der Waals surface area contributed by atoms with E-state index < -0.39 is 17.5 Å². The van der Waals surface area contributed by atoms with Crippen LogP contribution in [0.4, 0.5) is 11.4 Å². The van der Waals surface area contributed by atoms with Gasteiger partial charge in [0.1, 0.15) is 16.9 Å². The van der Waals surface area contributed by atoms with Crippen molar-refractivity contribution in [2.24, 2.45) is 10.2 Å². The lowest BCUT2D eigenvalue weighted by atomic mass is 10.1. The first-order valence-corrected chi connectivity index (χ1v) is 7.93. The van der Waals surface area contributed by atoms with E-state index in [9.17, 15) is 14.7 Å². The van der Waals surface area contributed by atoms with Crippen molar-refractivity contribution < 1.29 is 24.5 Å². The molecule has 0 saturated carbocycles. The third-order valence-corrected chi connectivity index (χ3v) is 3.21. The van der Waals surface area contributed by atoms with Gasteiger partial charge in [0.25, 0.3) is 0 Å². The molecule has 0 radical (unpaired) electrons. The second kappa shape index (κ2) is 7.77. The Kier molecular flexibility index (Phi) is 5.71. The quantitative estimate of drug-likeness (QED) is 0.610. The second-order valence-corrected chi connectivity index (χ2v) is 6.60. The van der Waals surface area contributed by atoms with Crippen LogP contribution in [0.5, 0.6) is 5.75 Å². The number of carboxylic acid groups (broad SMARTS) is 1. The first-order valence-electron chi connectivity index (χ1n) is 7.93. The van der Waals surface area contributed by atoms with E-state index >= 15 is 0 Å². The summed E-state index contributed by atoms with van der Waals surface area (Å²) in [5, 5.41) is 26.9. The zero-order valence-electron chi connectivity index (χ0n) is 14.8. The number of phenolic OH excluding ortho intramolecular Hbond substituents is 1. The summed E-state index contributed by atoms with van der Waals surface area (Å²) in [4.78, 5) is 23.1. The number of phenols is 1. The molecule has 2 rings (SSSR count). The minimum absolute atomic E-state index is 0.0183. The lowest BCUT2D eigenvalue weighted by Gasteiger charge is -2.19. The van der Waals surface area contributed by atoms with Crippen molar-refractivity contribution in [3.05, 3.63) is 53.6 Å². The number of azo groups is 1. The third-order valence-electron chi connectivity index (χ3n) is 3.21. The molecule has 0 fully saturated rings. The van der Waals surface area contributed by atoms with Crippen LogP contribution in [0.2, 0.25) is 0 Å². The maximum absolute atomic E-state index is 12.2. The van der Waals surface area contributed by atoms with Crippen LogP contribution in [0.1, 0.15) is 36.7 Å². The minimum Gasteiger partial charge on any atom is -0.507 e. The fourth-order valence-electron chi connectivity index (χ4n) is 2.12. The molecule has 0 bridgehead atoms. The first kappa shape index (κ1) is 19.1. The van der Waals surface area contributed by atoms with Crippen LogP contribution in [0.25, 0.3) is 0 Å². The van der Waals surface area contributed by atoms with Crippen LogP contribution in [0.3, 0.4) is 0 Å². The number of aliphatic carboxylic acids is 1. The second-order valence-electron chi connectivity index (χ2n) is 6.60. The van der Waals surface area contributed by atoms with Crippen LogP contribution in [0.15, 0.2) is 52.7 Å². The summed E-state index contributed by atoms with van der Waals surface area (Å²) in [6.07, 6.45) is -0.173. The van der Waals surface area contributed by atoms with E-state index in [4.69, 9.17) is 9.84 Å². The van der Waals surface area contributed by atoms with Gasteiger partial charge >= 0.3 is 11.9 Å². The summed E-state index contributed by atoms with van der Waals surface area (Å²) >= 11 is 0. The van der Waals surface area contributed by atoms with Gasteiger partial charge in [-0.2, -0.15) is 10.2 Å². The lowest BCUT2D eigenvalue weighted by molar-refractivity contribution is -0.136. The maximum Gasteiger partial charge on any atom is 0.342 e. The molecule has 26 heavy (non-hydrogen) atoms. The zero-order chi connectivity index (χ0) is 19.3. The third kappa shape index (κ3) is 5.41. The van der Waals surface area contributed by atoms with Crippen molar-refractivity contribution in [3.63, 3.8) is 0 Å². The van der Waals surface area contributed by atoms with E-state index in [0.29, 0.717) is 16.9 Å². The number of carbonyl (C=O) groups is 2. The van der Waals surface area contributed by atoms with Crippen molar-refractivity contribution in [1.82, 2.24) is 0 Å². The van der Waals surface area contributed by atoms with Gasteiger partial charge in [-0.05, 0) is 50.6 Å². The number of rotatable bonds is 5. The van der Waals surface area contributed by atoms with Gasteiger partial charge < -0.3 is 14.9 Å². The molecule has 0 saturated heterocycles. The van der Waals surface area contributed by atoms with E-state index in [1.165, 1.54) is 18.2 Å². The molecule has 0 amide bonds. The standard InChI is InChI=1S/C19H20N2O5/c1-19(2,3)26-18(25)14-11-13(8-9-16(14)22)20-21-15-7-5-4-6-12(15)10-17(23)24/h4-9,11,22H,10H2,1-3H3,(H,23,24)/b21-20+. The van der Waals surface area contributed by atoms with Crippen molar-refractivity contribution in [2.45, 2.75) is 32.8 Å². The molecular formula is C19H20N2O5. The highest BCUT2D eigenvalue weighted by Gasteiger charge is 2.20. The first-order chi connectivity index (χ1) is 12.2. The lowest BCUT2D eigenvalue weighted by Crippen LogP contribution is -2.23. The number of esters is 1. The largest absolute Gasteiger partial charge is 0.507 e. The zero-order valence-corrected chi connectivity index (χ0v) is 14.8. The minimum atomic E-state index is -0.968. The normalized spacial score (nSPS) is 11.5. The smallest absolute Gasteiger partial charge is 0.342 e. The van der Waals surface area contributed by atoms with Crippen LogP contribution in [-0.4, -0.2) is 27.8 Å². The fraction of sp³-hybridized carbons (Fsp3) is 0.263. The molecule has 0 aliphatic carbocycles. The van der Waals surface area contributed by atoms with Crippen molar-refractivity contribution in [2.75, 3.05) is 0 Å². The summed E-state index contributed by atoms with van der Waals surface area (Å²) in [6.45, 7) is 5.18. The Bertz CT molecular complexity index is 853. The molecule has 2 aromatic rings. The highest BCUT2D eigenvalue weighted by Crippen LogP contribution is 2.28. The van der Waals surface area contributed by atoms with Crippen molar-refractivity contribution >= 4 is 23.3 Å². The molecule has 0 heterocycles. The van der Waals surface area contributed by atoms with Gasteiger partial charge in [-0.15, -0.1) is 0 Å². The number of ether oxygens (including phenoxy) is 1. The molecule has 7 nitrogen and oxygen atoms in total. The molecule has 0 aromatic heterocycles. The molecule has 7 heteroatoms. The Morgan fingerprint density at radius 2 is 1.77 bits per heavy atom. The summed E-state index contributed by atoms with van der Waals surface area (Å²) in [7, 11) is 0. The number of nitrogens with zero attached hydrogens (tertiary/aromatic N) is 2. The van der Waals surface area contributed by atoms with E-state index in [0.717, 1.165) is 0 Å². The Morgan fingerprint density at radius 3 is 2.42 bits per heavy atom. The van der Waals surface area contributed by atoms with Gasteiger partial charge in [-0.3, -0.25) is 4.79 Å².